The van der Waals surface area contributed by atoms with E-state index in [-0.39, 0.29) is 11.3 Å². The van der Waals surface area contributed by atoms with Gasteiger partial charge in [-0.25, -0.2) is 4.39 Å². The largest absolute Gasteiger partial charge is 0.507 e. The van der Waals surface area contributed by atoms with E-state index in [2.05, 4.69) is 0 Å². The Labute approximate surface area is 110 Å². The van der Waals surface area contributed by atoms with Crippen LogP contribution in [0.2, 0.25) is 5.02 Å². The zero-order chi connectivity index (χ0) is 13.1. The molecule has 2 rings (SSSR count). The van der Waals surface area contributed by atoms with Crippen LogP contribution in [-0.2, 0) is 0 Å². The molecule has 18 heavy (non-hydrogen) atoms. The first-order valence-electron chi connectivity index (χ1n) is 5.54. The summed E-state index contributed by atoms with van der Waals surface area (Å²) in [6.45, 7) is 1.83. The lowest BCUT2D eigenvalue weighted by molar-refractivity contribution is 0.470. The van der Waals surface area contributed by atoms with Gasteiger partial charge in [0.05, 0.1) is 5.56 Å². The minimum atomic E-state index is -0.492. The second kappa shape index (κ2) is 5.23. The topological polar surface area (TPSA) is 20.2 Å². The van der Waals surface area contributed by atoms with Gasteiger partial charge >= 0.3 is 0 Å². The molecule has 0 spiro atoms. The van der Waals surface area contributed by atoms with Gasteiger partial charge in [-0.15, -0.1) is 0 Å². The Bertz CT molecular complexity index is 605. The van der Waals surface area contributed by atoms with Gasteiger partial charge in [-0.2, -0.15) is 0 Å². The van der Waals surface area contributed by atoms with Crippen LogP contribution in [0.5, 0.6) is 5.75 Å². The van der Waals surface area contributed by atoms with Crippen molar-refractivity contribution < 1.29 is 9.50 Å². The van der Waals surface area contributed by atoms with E-state index in [1.54, 1.807) is 36.4 Å². The number of halogens is 2. The fraction of sp³-hybridized carbons (Fsp3) is 0.0667. The zero-order valence-electron chi connectivity index (χ0n) is 9.82. The maximum atomic E-state index is 13.9. The molecule has 0 heterocycles. The fourth-order valence-corrected chi connectivity index (χ4v) is 2.05. The molecule has 0 aromatic heterocycles. The highest BCUT2D eigenvalue weighted by molar-refractivity contribution is 6.33. The van der Waals surface area contributed by atoms with Gasteiger partial charge in [-0.1, -0.05) is 42.0 Å². The van der Waals surface area contributed by atoms with Crippen LogP contribution in [0.1, 0.15) is 12.5 Å². The van der Waals surface area contributed by atoms with Crippen LogP contribution >= 0.6 is 11.6 Å². The molecule has 0 fully saturated rings. The molecule has 0 aliphatic rings. The van der Waals surface area contributed by atoms with Crippen LogP contribution in [0.15, 0.2) is 42.5 Å². The molecule has 1 N–H and O–H groups in total. The third-order valence-electron chi connectivity index (χ3n) is 2.65. The molecule has 0 saturated carbocycles. The van der Waals surface area contributed by atoms with Crippen LogP contribution in [0.3, 0.4) is 0 Å². The molecule has 0 bridgehead atoms. The number of phenolic OH excluding ortho intramolecular Hbond substituents is 1. The summed E-state index contributed by atoms with van der Waals surface area (Å²) in [6, 6.07) is 9.72. The van der Waals surface area contributed by atoms with Crippen molar-refractivity contribution in [2.75, 3.05) is 0 Å². The maximum absolute atomic E-state index is 13.9. The van der Waals surface area contributed by atoms with Crippen LogP contribution in [0.4, 0.5) is 4.39 Å². The summed E-state index contributed by atoms with van der Waals surface area (Å²) in [7, 11) is 0. The lowest BCUT2D eigenvalue weighted by Crippen LogP contribution is -1.89. The minimum Gasteiger partial charge on any atom is -0.507 e. The molecule has 0 unspecified atom stereocenters. The summed E-state index contributed by atoms with van der Waals surface area (Å²) < 4.78 is 13.9. The number of allylic oxidation sites excluding steroid dienone is 1. The van der Waals surface area contributed by atoms with Gasteiger partial charge in [0, 0.05) is 16.1 Å². The lowest BCUT2D eigenvalue weighted by Gasteiger charge is -2.10. The molecule has 92 valence electrons. The number of aromatic hydroxyl groups is 1. The van der Waals surface area contributed by atoms with Crippen molar-refractivity contribution in [2.45, 2.75) is 6.92 Å². The smallest absolute Gasteiger partial charge is 0.134 e. The zero-order valence-corrected chi connectivity index (χ0v) is 10.6. The highest BCUT2D eigenvalue weighted by atomic mass is 35.5. The van der Waals surface area contributed by atoms with Gasteiger partial charge in [0.15, 0.2) is 0 Å². The van der Waals surface area contributed by atoms with Crippen molar-refractivity contribution in [3.63, 3.8) is 0 Å². The predicted octanol–water partition coefficient (Wildman–Crippen LogP) is 4.88. The quantitative estimate of drug-likeness (QED) is 0.817. The number of rotatable bonds is 2. The van der Waals surface area contributed by atoms with Gasteiger partial charge in [0.1, 0.15) is 11.6 Å². The summed E-state index contributed by atoms with van der Waals surface area (Å²) in [6.07, 6.45) is 3.50. The monoisotopic (exact) mass is 262 g/mol. The first kappa shape index (κ1) is 12.7. The van der Waals surface area contributed by atoms with E-state index in [0.717, 1.165) is 0 Å². The molecule has 0 aliphatic heterocycles. The summed E-state index contributed by atoms with van der Waals surface area (Å²) in [5.74, 6) is -0.588. The van der Waals surface area contributed by atoms with Crippen LogP contribution in [0.25, 0.3) is 17.2 Å². The number of hydrogen-bond acceptors (Lipinski definition) is 1. The molecule has 3 heteroatoms. The van der Waals surface area contributed by atoms with Crippen LogP contribution < -0.4 is 0 Å². The predicted molar refractivity (Wildman–Crippen MR) is 73.2 cm³/mol. The van der Waals surface area contributed by atoms with E-state index >= 15 is 0 Å². The Kier molecular flexibility index (Phi) is 3.68. The molecular formula is C15H12ClFO. The third-order valence-corrected chi connectivity index (χ3v) is 2.98. The second-order valence-corrected chi connectivity index (χ2v) is 4.25. The van der Waals surface area contributed by atoms with E-state index < -0.39 is 5.82 Å². The average Bonchev–Trinajstić information content (AvgIpc) is 2.35. The van der Waals surface area contributed by atoms with Crippen molar-refractivity contribution in [3.8, 4) is 16.9 Å². The molecule has 0 aliphatic carbocycles. The van der Waals surface area contributed by atoms with Crippen LogP contribution in [0, 0.1) is 5.82 Å². The Morgan fingerprint density at radius 2 is 1.89 bits per heavy atom. The SMILES string of the molecule is C/C=C\c1ccc(F)c(-c2ccccc2Cl)c1O. The van der Waals surface area contributed by atoms with Gasteiger partial charge in [0.25, 0.3) is 0 Å². The van der Waals surface area contributed by atoms with E-state index in [1.165, 1.54) is 12.1 Å². The highest BCUT2D eigenvalue weighted by Crippen LogP contribution is 2.38. The molecule has 0 saturated heterocycles. The van der Waals surface area contributed by atoms with Crippen molar-refractivity contribution in [1.29, 1.82) is 0 Å². The first-order valence-corrected chi connectivity index (χ1v) is 5.92. The summed E-state index contributed by atoms with van der Waals surface area (Å²) >= 11 is 6.04. The van der Waals surface area contributed by atoms with E-state index in [1.807, 2.05) is 6.92 Å². The Hall–Kier alpha value is -1.80. The average molecular weight is 263 g/mol. The number of benzene rings is 2. The van der Waals surface area contributed by atoms with Crippen molar-refractivity contribution in [1.82, 2.24) is 0 Å². The van der Waals surface area contributed by atoms with Crippen LogP contribution in [-0.4, -0.2) is 5.11 Å². The van der Waals surface area contributed by atoms with Crippen molar-refractivity contribution in [3.05, 3.63) is 58.9 Å². The number of phenols is 1. The van der Waals surface area contributed by atoms with Gasteiger partial charge < -0.3 is 5.11 Å². The Morgan fingerprint density at radius 1 is 1.17 bits per heavy atom. The molecule has 2 aromatic rings. The summed E-state index contributed by atoms with van der Waals surface area (Å²) in [5, 5.41) is 10.5. The lowest BCUT2D eigenvalue weighted by atomic mass is 10.0. The third kappa shape index (κ3) is 2.24. The van der Waals surface area contributed by atoms with E-state index in [4.69, 9.17) is 11.6 Å². The first-order chi connectivity index (χ1) is 8.65. The summed E-state index contributed by atoms with van der Waals surface area (Å²) in [4.78, 5) is 0. The van der Waals surface area contributed by atoms with E-state index in [9.17, 15) is 9.50 Å². The number of hydrogen-bond donors (Lipinski definition) is 1. The van der Waals surface area contributed by atoms with Gasteiger partial charge in [-0.05, 0) is 25.1 Å². The second-order valence-electron chi connectivity index (χ2n) is 3.84. The Morgan fingerprint density at radius 3 is 2.56 bits per heavy atom. The molecular weight excluding hydrogens is 251 g/mol. The molecule has 1 nitrogen and oxygen atoms in total. The molecule has 0 radical (unpaired) electrons. The minimum absolute atomic E-state index is 0.0961. The highest BCUT2D eigenvalue weighted by Gasteiger charge is 2.15. The van der Waals surface area contributed by atoms with Gasteiger partial charge in [0.2, 0.25) is 0 Å². The van der Waals surface area contributed by atoms with Gasteiger partial charge in [-0.3, -0.25) is 0 Å². The standard InChI is InChI=1S/C15H12ClFO/c1-2-5-10-8-9-13(17)14(15(10)18)11-6-3-4-7-12(11)16/h2-9,18H,1H3/b5-2-. The Balaban J connectivity index is 2.71. The molecule has 2 aromatic carbocycles. The normalized spacial score (nSPS) is 11.1. The summed E-state index contributed by atoms with van der Waals surface area (Å²) in [5.41, 5.74) is 1.19. The fourth-order valence-electron chi connectivity index (χ4n) is 1.82. The van der Waals surface area contributed by atoms with E-state index in [0.29, 0.717) is 16.1 Å². The maximum Gasteiger partial charge on any atom is 0.134 e. The molecule has 0 amide bonds. The van der Waals surface area contributed by atoms with Crippen molar-refractivity contribution >= 4 is 17.7 Å². The van der Waals surface area contributed by atoms with Crippen molar-refractivity contribution in [2.24, 2.45) is 0 Å². The molecule has 0 atom stereocenters.